The molecule has 0 amide bonds. The zero-order chi connectivity index (χ0) is 8.48. The molecular formula is C9H11NO. The zero-order valence-corrected chi connectivity index (χ0v) is 6.68. The molecule has 11 heavy (non-hydrogen) atoms. The van der Waals surface area contributed by atoms with Gasteiger partial charge in [0.15, 0.2) is 0 Å². The largest absolute Gasteiger partial charge is 0.374 e. The maximum absolute atomic E-state index is 9.55. The summed E-state index contributed by atoms with van der Waals surface area (Å²) in [6.45, 7) is 3.51. The maximum Gasteiger partial charge on any atom is 0.149 e. The minimum atomic E-state index is -1.15. The van der Waals surface area contributed by atoms with Gasteiger partial charge in [0, 0.05) is 17.5 Å². The Balaban J connectivity index is 3.04. The quantitative estimate of drug-likeness (QED) is 0.577. The van der Waals surface area contributed by atoms with E-state index in [-0.39, 0.29) is 0 Å². The van der Waals surface area contributed by atoms with Crippen molar-refractivity contribution >= 4 is 0 Å². The van der Waals surface area contributed by atoms with Gasteiger partial charge >= 0.3 is 0 Å². The fourth-order valence-electron chi connectivity index (χ4n) is 0.873. The van der Waals surface area contributed by atoms with E-state index in [2.05, 4.69) is 10.9 Å². The highest BCUT2D eigenvalue weighted by atomic mass is 16.3. The van der Waals surface area contributed by atoms with Crippen molar-refractivity contribution in [3.05, 3.63) is 23.5 Å². The lowest BCUT2D eigenvalue weighted by Crippen LogP contribution is -2.16. The molecule has 1 rings (SSSR count). The third-order valence-electron chi connectivity index (χ3n) is 1.67. The van der Waals surface area contributed by atoms with Crippen LogP contribution in [0.5, 0.6) is 0 Å². The Morgan fingerprint density at radius 3 is 2.73 bits per heavy atom. The number of terminal acetylenes is 1. The molecule has 58 valence electrons. The molecule has 0 radical (unpaired) electrons. The number of nitrogens with one attached hydrogen (secondary N) is 1. The average Bonchev–Trinajstić information content (AvgIpc) is 2.36. The molecule has 1 aromatic rings. The van der Waals surface area contributed by atoms with Gasteiger partial charge in [-0.1, -0.05) is 5.92 Å². The van der Waals surface area contributed by atoms with E-state index in [0.29, 0.717) is 0 Å². The van der Waals surface area contributed by atoms with E-state index in [9.17, 15) is 5.11 Å². The second-order valence-electron chi connectivity index (χ2n) is 2.79. The van der Waals surface area contributed by atoms with Crippen molar-refractivity contribution in [2.75, 3.05) is 0 Å². The predicted octanol–water partition coefficient (Wildman–Crippen LogP) is 1.16. The summed E-state index contributed by atoms with van der Waals surface area (Å²) < 4.78 is 0. The van der Waals surface area contributed by atoms with Crippen molar-refractivity contribution in [2.45, 2.75) is 19.4 Å². The third-order valence-corrected chi connectivity index (χ3v) is 1.67. The van der Waals surface area contributed by atoms with Crippen molar-refractivity contribution in [2.24, 2.45) is 0 Å². The number of aromatic amines is 1. The first kappa shape index (κ1) is 7.90. The SMILES string of the molecule is C#C[C@@](C)(O)c1c[nH]c(C)c1. The van der Waals surface area contributed by atoms with Crippen LogP contribution in [-0.2, 0) is 5.60 Å². The summed E-state index contributed by atoms with van der Waals surface area (Å²) in [5.74, 6) is 2.31. The molecule has 1 aromatic heterocycles. The standard InChI is InChI=1S/C9H11NO/c1-4-9(3,11)8-5-7(2)10-6-8/h1,5-6,10-11H,2-3H3/t9-/m1/s1. The van der Waals surface area contributed by atoms with Crippen molar-refractivity contribution in [1.82, 2.24) is 4.98 Å². The average molecular weight is 149 g/mol. The minimum absolute atomic E-state index is 0.734. The van der Waals surface area contributed by atoms with E-state index in [4.69, 9.17) is 6.42 Å². The number of aromatic nitrogens is 1. The van der Waals surface area contributed by atoms with Crippen LogP contribution in [0.1, 0.15) is 18.2 Å². The van der Waals surface area contributed by atoms with Crippen LogP contribution in [-0.4, -0.2) is 10.1 Å². The number of rotatable bonds is 1. The normalized spacial score (nSPS) is 15.5. The minimum Gasteiger partial charge on any atom is -0.374 e. The van der Waals surface area contributed by atoms with E-state index < -0.39 is 5.60 Å². The summed E-state index contributed by atoms with van der Waals surface area (Å²) in [4.78, 5) is 2.95. The van der Waals surface area contributed by atoms with E-state index in [1.165, 1.54) is 0 Å². The van der Waals surface area contributed by atoms with E-state index >= 15 is 0 Å². The van der Waals surface area contributed by atoms with Crippen molar-refractivity contribution < 1.29 is 5.11 Å². The lowest BCUT2D eigenvalue weighted by Gasteiger charge is -2.13. The van der Waals surface area contributed by atoms with Crippen LogP contribution in [0.25, 0.3) is 0 Å². The van der Waals surface area contributed by atoms with Gasteiger partial charge in [-0.25, -0.2) is 0 Å². The molecular weight excluding hydrogens is 138 g/mol. The molecule has 0 aromatic carbocycles. The summed E-state index contributed by atoms with van der Waals surface area (Å²) in [6.07, 6.45) is 6.85. The number of hydrogen-bond acceptors (Lipinski definition) is 1. The number of hydrogen-bond donors (Lipinski definition) is 2. The molecule has 2 nitrogen and oxygen atoms in total. The highest BCUT2D eigenvalue weighted by molar-refractivity contribution is 5.29. The second kappa shape index (κ2) is 2.44. The van der Waals surface area contributed by atoms with Crippen LogP contribution in [0, 0.1) is 19.3 Å². The van der Waals surface area contributed by atoms with Gasteiger partial charge in [0.25, 0.3) is 0 Å². The van der Waals surface area contributed by atoms with Crippen LogP contribution in [0.4, 0.5) is 0 Å². The van der Waals surface area contributed by atoms with Gasteiger partial charge < -0.3 is 10.1 Å². The Morgan fingerprint density at radius 1 is 1.73 bits per heavy atom. The molecule has 0 saturated heterocycles. The molecule has 0 unspecified atom stereocenters. The highest BCUT2D eigenvalue weighted by Gasteiger charge is 2.19. The summed E-state index contributed by atoms with van der Waals surface area (Å²) in [7, 11) is 0. The number of aryl methyl sites for hydroxylation is 1. The van der Waals surface area contributed by atoms with Crippen LogP contribution >= 0.6 is 0 Å². The van der Waals surface area contributed by atoms with Gasteiger partial charge in [0.2, 0.25) is 0 Å². The Bertz CT molecular complexity index is 291. The van der Waals surface area contributed by atoms with E-state index in [1.54, 1.807) is 13.1 Å². The monoisotopic (exact) mass is 149 g/mol. The fourth-order valence-corrected chi connectivity index (χ4v) is 0.873. The summed E-state index contributed by atoms with van der Waals surface area (Å²) in [6, 6.07) is 1.83. The highest BCUT2D eigenvalue weighted by Crippen LogP contribution is 2.19. The number of aliphatic hydroxyl groups is 1. The number of H-pyrrole nitrogens is 1. The van der Waals surface area contributed by atoms with Gasteiger partial charge in [0.05, 0.1) is 0 Å². The Kier molecular flexibility index (Phi) is 1.76. The first-order valence-electron chi connectivity index (χ1n) is 3.42. The molecule has 0 aliphatic carbocycles. The van der Waals surface area contributed by atoms with Crippen LogP contribution in [0.2, 0.25) is 0 Å². The van der Waals surface area contributed by atoms with Crippen molar-refractivity contribution in [3.63, 3.8) is 0 Å². The lowest BCUT2D eigenvalue weighted by molar-refractivity contribution is 0.122. The van der Waals surface area contributed by atoms with Crippen LogP contribution < -0.4 is 0 Å². The lowest BCUT2D eigenvalue weighted by atomic mass is 10.0. The summed E-state index contributed by atoms with van der Waals surface area (Å²) >= 11 is 0. The maximum atomic E-state index is 9.55. The molecule has 2 heteroatoms. The van der Waals surface area contributed by atoms with E-state index in [1.807, 2.05) is 13.0 Å². The Labute approximate surface area is 66.3 Å². The molecule has 1 heterocycles. The molecule has 0 aliphatic heterocycles. The first-order valence-corrected chi connectivity index (χ1v) is 3.42. The first-order chi connectivity index (χ1) is 5.06. The molecule has 0 fully saturated rings. The molecule has 1 atom stereocenters. The van der Waals surface area contributed by atoms with Gasteiger partial charge in [0.1, 0.15) is 5.60 Å². The molecule has 0 spiro atoms. The molecule has 2 N–H and O–H groups in total. The summed E-state index contributed by atoms with van der Waals surface area (Å²) in [5, 5.41) is 9.55. The van der Waals surface area contributed by atoms with Crippen LogP contribution in [0.3, 0.4) is 0 Å². The van der Waals surface area contributed by atoms with Crippen molar-refractivity contribution in [3.8, 4) is 12.3 Å². The van der Waals surface area contributed by atoms with Crippen LogP contribution in [0.15, 0.2) is 12.3 Å². The molecule has 0 aliphatic rings. The van der Waals surface area contributed by atoms with Crippen molar-refractivity contribution in [1.29, 1.82) is 0 Å². The van der Waals surface area contributed by atoms with Gasteiger partial charge in [-0.3, -0.25) is 0 Å². The second-order valence-corrected chi connectivity index (χ2v) is 2.79. The fraction of sp³-hybridized carbons (Fsp3) is 0.333. The Morgan fingerprint density at radius 2 is 2.36 bits per heavy atom. The van der Waals surface area contributed by atoms with Gasteiger partial charge in [-0.2, -0.15) is 0 Å². The zero-order valence-electron chi connectivity index (χ0n) is 6.68. The molecule has 0 saturated carbocycles. The third kappa shape index (κ3) is 1.44. The predicted molar refractivity (Wildman–Crippen MR) is 43.9 cm³/mol. The Hall–Kier alpha value is -1.20. The topological polar surface area (TPSA) is 36.0 Å². The van der Waals surface area contributed by atoms with E-state index in [0.717, 1.165) is 11.3 Å². The van der Waals surface area contributed by atoms with Gasteiger partial charge in [-0.05, 0) is 19.9 Å². The van der Waals surface area contributed by atoms with Gasteiger partial charge in [-0.15, -0.1) is 6.42 Å². The molecule has 0 bridgehead atoms. The summed E-state index contributed by atoms with van der Waals surface area (Å²) in [5.41, 5.74) is 0.582. The smallest absolute Gasteiger partial charge is 0.149 e.